The third-order valence-corrected chi connectivity index (χ3v) is 5.89. The summed E-state index contributed by atoms with van der Waals surface area (Å²) in [4.78, 5) is 0. The lowest BCUT2D eigenvalue weighted by atomic mass is 9.63. The molecule has 0 bridgehead atoms. The molecule has 0 radical (unpaired) electrons. The van der Waals surface area contributed by atoms with Crippen LogP contribution in [0.5, 0.6) is 11.5 Å². The summed E-state index contributed by atoms with van der Waals surface area (Å²) < 4.78 is 23.7. The molecular formula is C18H23NO4. The predicted octanol–water partition coefficient (Wildman–Crippen LogP) is 2.33. The molecule has 23 heavy (non-hydrogen) atoms. The lowest BCUT2D eigenvalue weighted by Crippen LogP contribution is -2.56. The van der Waals surface area contributed by atoms with E-state index >= 15 is 0 Å². The second-order valence-corrected chi connectivity index (χ2v) is 7.54. The maximum absolute atomic E-state index is 6.41. The summed E-state index contributed by atoms with van der Waals surface area (Å²) in [6.07, 6.45) is 3.50. The van der Waals surface area contributed by atoms with Gasteiger partial charge in [0.25, 0.3) is 0 Å². The first-order valence-corrected chi connectivity index (χ1v) is 8.58. The minimum atomic E-state index is -0.504. The first-order valence-electron chi connectivity index (χ1n) is 8.58. The van der Waals surface area contributed by atoms with E-state index < -0.39 is 5.79 Å². The van der Waals surface area contributed by atoms with Crippen LogP contribution in [-0.2, 0) is 14.9 Å². The summed E-state index contributed by atoms with van der Waals surface area (Å²) in [6, 6.07) is 6.80. The third kappa shape index (κ3) is 1.90. The lowest BCUT2D eigenvalue weighted by Gasteiger charge is -2.45. The standard InChI is InChI=1S/C18H23NO4/c1-17(2)22-13-5-6-15-18(7-8-19-15,16(13)23-17)11-3-4-12-14(9-11)21-10-20-12/h3-4,9,13,15-16,19H,5-8,10H2,1-2H3/t13-,15+,16-,18-/m0/s1. The van der Waals surface area contributed by atoms with Gasteiger partial charge < -0.3 is 24.3 Å². The van der Waals surface area contributed by atoms with E-state index in [-0.39, 0.29) is 17.6 Å². The van der Waals surface area contributed by atoms with Crippen molar-refractivity contribution in [2.75, 3.05) is 13.3 Å². The Morgan fingerprint density at radius 1 is 1.09 bits per heavy atom. The van der Waals surface area contributed by atoms with E-state index in [1.807, 2.05) is 19.9 Å². The van der Waals surface area contributed by atoms with Crippen LogP contribution in [0.15, 0.2) is 18.2 Å². The Morgan fingerprint density at radius 2 is 1.96 bits per heavy atom. The number of rotatable bonds is 1. The number of nitrogens with one attached hydrogen (secondary N) is 1. The highest BCUT2D eigenvalue weighted by molar-refractivity contribution is 5.48. The lowest BCUT2D eigenvalue weighted by molar-refractivity contribution is -0.150. The van der Waals surface area contributed by atoms with Gasteiger partial charge >= 0.3 is 0 Å². The molecule has 5 nitrogen and oxygen atoms in total. The van der Waals surface area contributed by atoms with Crippen molar-refractivity contribution in [1.82, 2.24) is 5.32 Å². The highest BCUT2D eigenvalue weighted by atomic mass is 16.8. The Balaban J connectivity index is 1.62. The van der Waals surface area contributed by atoms with Crippen LogP contribution in [0.4, 0.5) is 0 Å². The number of hydrogen-bond acceptors (Lipinski definition) is 5. The second-order valence-electron chi connectivity index (χ2n) is 7.54. The fraction of sp³-hybridized carbons (Fsp3) is 0.667. The van der Waals surface area contributed by atoms with Crippen LogP contribution in [0.25, 0.3) is 0 Å². The Kier molecular flexibility index (Phi) is 2.83. The maximum Gasteiger partial charge on any atom is 0.231 e. The number of hydrogen-bond donors (Lipinski definition) is 1. The zero-order chi connectivity index (χ0) is 15.7. The zero-order valence-corrected chi connectivity index (χ0v) is 13.6. The molecule has 2 saturated heterocycles. The van der Waals surface area contributed by atoms with Crippen LogP contribution < -0.4 is 14.8 Å². The summed E-state index contributed by atoms with van der Waals surface area (Å²) in [5.41, 5.74) is 1.24. The average molecular weight is 317 g/mol. The number of fused-ring (bicyclic) bond motifs is 4. The van der Waals surface area contributed by atoms with E-state index in [0.29, 0.717) is 12.8 Å². The van der Waals surface area contributed by atoms with Gasteiger partial charge in [0.2, 0.25) is 6.79 Å². The SMILES string of the molecule is CC1(C)O[C@H]2CC[C@H]3NCC[C@@]3(c3ccc4c(c3)OCO4)[C@H]2O1. The Hall–Kier alpha value is -1.30. The van der Waals surface area contributed by atoms with Gasteiger partial charge in [0, 0.05) is 11.5 Å². The molecule has 0 amide bonds. The smallest absolute Gasteiger partial charge is 0.231 e. The molecule has 0 spiro atoms. The Morgan fingerprint density at radius 3 is 2.87 bits per heavy atom. The third-order valence-electron chi connectivity index (χ3n) is 5.89. The van der Waals surface area contributed by atoms with Crippen LogP contribution in [0.1, 0.15) is 38.7 Å². The first kappa shape index (κ1) is 14.1. The van der Waals surface area contributed by atoms with E-state index in [9.17, 15) is 0 Å². The molecule has 1 saturated carbocycles. The summed E-state index contributed by atoms with van der Waals surface area (Å²) in [6.45, 7) is 5.38. The molecule has 0 unspecified atom stereocenters. The van der Waals surface area contributed by atoms with Gasteiger partial charge in [-0.2, -0.15) is 0 Å². The molecule has 4 atom stereocenters. The van der Waals surface area contributed by atoms with Gasteiger partial charge in [0.1, 0.15) is 0 Å². The molecule has 0 aromatic heterocycles. The fourth-order valence-electron chi connectivity index (χ4n) is 5.02. The first-order chi connectivity index (χ1) is 11.1. The molecule has 5 heteroatoms. The van der Waals surface area contributed by atoms with E-state index in [4.69, 9.17) is 18.9 Å². The van der Waals surface area contributed by atoms with Gasteiger partial charge in [0.05, 0.1) is 12.2 Å². The normalized spacial score (nSPS) is 40.0. The van der Waals surface area contributed by atoms with Crippen LogP contribution >= 0.6 is 0 Å². The van der Waals surface area contributed by atoms with Crippen molar-refractivity contribution in [1.29, 1.82) is 0 Å². The van der Waals surface area contributed by atoms with Crippen molar-refractivity contribution >= 4 is 0 Å². The molecule has 3 aliphatic heterocycles. The largest absolute Gasteiger partial charge is 0.454 e. The average Bonchev–Trinajstić information content (AvgIpc) is 3.20. The highest BCUT2D eigenvalue weighted by Crippen LogP contribution is 2.53. The Labute approximate surface area is 136 Å². The van der Waals surface area contributed by atoms with Gasteiger partial charge in [-0.15, -0.1) is 0 Å². The molecule has 3 fully saturated rings. The van der Waals surface area contributed by atoms with Gasteiger partial charge in [-0.1, -0.05) is 6.07 Å². The fourth-order valence-corrected chi connectivity index (χ4v) is 5.02. The molecule has 1 aliphatic carbocycles. The molecule has 3 heterocycles. The zero-order valence-electron chi connectivity index (χ0n) is 13.6. The Bertz CT molecular complexity index is 646. The molecular weight excluding hydrogens is 294 g/mol. The molecule has 5 rings (SSSR count). The highest BCUT2D eigenvalue weighted by Gasteiger charge is 2.61. The maximum atomic E-state index is 6.41. The van der Waals surface area contributed by atoms with Crippen LogP contribution in [-0.4, -0.2) is 37.4 Å². The molecule has 124 valence electrons. The topological polar surface area (TPSA) is 49.0 Å². The summed E-state index contributed by atoms with van der Waals surface area (Å²) in [5, 5.41) is 3.70. The quantitative estimate of drug-likeness (QED) is 0.861. The number of ether oxygens (including phenoxy) is 4. The monoisotopic (exact) mass is 317 g/mol. The molecule has 1 aromatic rings. The van der Waals surface area contributed by atoms with Gasteiger partial charge in [0.15, 0.2) is 17.3 Å². The summed E-state index contributed by atoms with van der Waals surface area (Å²) in [5.74, 6) is 1.18. The van der Waals surface area contributed by atoms with Crippen molar-refractivity contribution < 1.29 is 18.9 Å². The van der Waals surface area contributed by atoms with Gasteiger partial charge in [-0.05, 0) is 57.4 Å². The van der Waals surface area contributed by atoms with E-state index in [2.05, 4.69) is 17.4 Å². The van der Waals surface area contributed by atoms with Crippen LogP contribution in [0.3, 0.4) is 0 Å². The summed E-state index contributed by atoms with van der Waals surface area (Å²) in [7, 11) is 0. The molecule has 4 aliphatic rings. The molecule has 1 aromatic carbocycles. The van der Waals surface area contributed by atoms with E-state index in [1.54, 1.807) is 0 Å². The van der Waals surface area contributed by atoms with Crippen molar-refractivity contribution in [2.24, 2.45) is 0 Å². The minimum absolute atomic E-state index is 0.0440. The minimum Gasteiger partial charge on any atom is -0.454 e. The van der Waals surface area contributed by atoms with Gasteiger partial charge in [-0.25, -0.2) is 0 Å². The number of benzene rings is 1. The van der Waals surface area contributed by atoms with E-state index in [0.717, 1.165) is 37.3 Å². The van der Waals surface area contributed by atoms with Crippen molar-refractivity contribution in [3.8, 4) is 11.5 Å². The van der Waals surface area contributed by atoms with Gasteiger partial charge in [-0.3, -0.25) is 0 Å². The van der Waals surface area contributed by atoms with Crippen molar-refractivity contribution in [3.05, 3.63) is 23.8 Å². The second kappa shape index (κ2) is 4.62. The van der Waals surface area contributed by atoms with Crippen molar-refractivity contribution in [2.45, 2.75) is 62.6 Å². The summed E-state index contributed by atoms with van der Waals surface area (Å²) >= 11 is 0. The predicted molar refractivity (Wildman–Crippen MR) is 83.7 cm³/mol. The van der Waals surface area contributed by atoms with Crippen molar-refractivity contribution in [3.63, 3.8) is 0 Å². The van der Waals surface area contributed by atoms with E-state index in [1.165, 1.54) is 5.56 Å². The van der Waals surface area contributed by atoms with Crippen LogP contribution in [0.2, 0.25) is 0 Å². The molecule has 1 N–H and O–H groups in total. The van der Waals surface area contributed by atoms with Crippen LogP contribution in [0, 0.1) is 0 Å².